The Bertz CT molecular complexity index is 581. The first kappa shape index (κ1) is 20.3. The molecule has 1 aromatic carbocycles. The Morgan fingerprint density at radius 2 is 1.96 bits per heavy atom. The van der Waals surface area contributed by atoms with Gasteiger partial charge in [0.05, 0.1) is 10.8 Å². The predicted molar refractivity (Wildman–Crippen MR) is 94.1 cm³/mol. The van der Waals surface area contributed by atoms with Gasteiger partial charge in [-0.15, -0.1) is 11.8 Å². The van der Waals surface area contributed by atoms with E-state index in [1.165, 1.54) is 11.8 Å². The summed E-state index contributed by atoms with van der Waals surface area (Å²) in [6, 6.07) is 6.52. The topological polar surface area (TPSA) is 84.5 Å². The molecule has 0 aliphatic heterocycles. The Hall–Kier alpha value is -1.73. The van der Waals surface area contributed by atoms with Crippen LogP contribution in [-0.4, -0.2) is 36.8 Å². The molecule has 1 rings (SSSR count). The Kier molecular flexibility index (Phi) is 9.26. The summed E-state index contributed by atoms with van der Waals surface area (Å²) in [5.74, 6) is -0.751. The summed E-state index contributed by atoms with van der Waals surface area (Å²) in [5.41, 5.74) is 0. The summed E-state index contributed by atoms with van der Waals surface area (Å²) in [7, 11) is 0. The van der Waals surface area contributed by atoms with Crippen molar-refractivity contribution in [1.82, 2.24) is 10.6 Å². The number of rotatable bonds is 8. The molecule has 6 nitrogen and oxygen atoms in total. The van der Waals surface area contributed by atoms with Crippen molar-refractivity contribution in [2.45, 2.75) is 25.2 Å². The van der Waals surface area contributed by atoms with Gasteiger partial charge in [-0.1, -0.05) is 37.6 Å². The standard InChI is InChI=1S/C16H21ClN2O4S/c1-11(2)7-8-18-16(22)19-14(20)9-23-15(21)10-24-13-6-4-3-5-12(13)17/h3-6,11H,7-10H2,1-2H3,(H2,18,19,20,22). The zero-order valence-corrected chi connectivity index (χ0v) is 15.2. The molecular weight excluding hydrogens is 352 g/mol. The van der Waals surface area contributed by atoms with Gasteiger partial charge < -0.3 is 10.1 Å². The van der Waals surface area contributed by atoms with Crippen LogP contribution in [0.5, 0.6) is 0 Å². The molecule has 0 aromatic heterocycles. The average molecular weight is 373 g/mol. The van der Waals surface area contributed by atoms with Gasteiger partial charge >= 0.3 is 12.0 Å². The first-order chi connectivity index (χ1) is 11.4. The van der Waals surface area contributed by atoms with E-state index in [0.29, 0.717) is 17.5 Å². The summed E-state index contributed by atoms with van der Waals surface area (Å²) < 4.78 is 4.81. The molecule has 132 valence electrons. The fraction of sp³-hybridized carbons (Fsp3) is 0.438. The molecule has 2 N–H and O–H groups in total. The number of hydrogen-bond acceptors (Lipinski definition) is 5. The zero-order valence-electron chi connectivity index (χ0n) is 13.6. The maximum absolute atomic E-state index is 11.6. The number of benzene rings is 1. The van der Waals surface area contributed by atoms with E-state index in [2.05, 4.69) is 10.6 Å². The molecule has 0 radical (unpaired) electrons. The fourth-order valence-electron chi connectivity index (χ4n) is 1.57. The molecule has 0 aliphatic rings. The van der Waals surface area contributed by atoms with Gasteiger partial charge in [-0.3, -0.25) is 14.9 Å². The Balaban J connectivity index is 2.20. The summed E-state index contributed by atoms with van der Waals surface area (Å²) in [4.78, 5) is 35.3. The van der Waals surface area contributed by atoms with Gasteiger partial charge in [-0.25, -0.2) is 4.79 Å². The van der Waals surface area contributed by atoms with Gasteiger partial charge in [0.2, 0.25) is 0 Å². The van der Waals surface area contributed by atoms with E-state index in [1.807, 2.05) is 19.9 Å². The first-order valence-electron chi connectivity index (χ1n) is 7.49. The molecule has 0 bridgehead atoms. The van der Waals surface area contributed by atoms with E-state index in [1.54, 1.807) is 18.2 Å². The molecule has 0 unspecified atom stereocenters. The highest BCUT2D eigenvalue weighted by atomic mass is 35.5. The van der Waals surface area contributed by atoms with Crippen LogP contribution < -0.4 is 10.6 Å². The monoisotopic (exact) mass is 372 g/mol. The molecule has 0 fully saturated rings. The normalized spacial score (nSPS) is 10.3. The van der Waals surface area contributed by atoms with Gasteiger partial charge in [0.15, 0.2) is 6.61 Å². The lowest BCUT2D eigenvalue weighted by molar-refractivity contribution is -0.145. The molecule has 0 heterocycles. The number of amides is 3. The summed E-state index contributed by atoms with van der Waals surface area (Å²) in [6.07, 6.45) is 0.815. The average Bonchev–Trinajstić information content (AvgIpc) is 2.51. The van der Waals surface area contributed by atoms with E-state index in [4.69, 9.17) is 16.3 Å². The molecule has 0 atom stereocenters. The second kappa shape index (κ2) is 10.9. The highest BCUT2D eigenvalue weighted by molar-refractivity contribution is 8.00. The predicted octanol–water partition coefficient (Wildman–Crippen LogP) is 2.85. The quantitative estimate of drug-likeness (QED) is 0.541. The van der Waals surface area contributed by atoms with Crippen LogP contribution in [0.25, 0.3) is 0 Å². The first-order valence-corrected chi connectivity index (χ1v) is 8.85. The van der Waals surface area contributed by atoms with Crippen LogP contribution in [0.4, 0.5) is 4.79 Å². The third kappa shape index (κ3) is 8.79. The summed E-state index contributed by atoms with van der Waals surface area (Å²) in [6.45, 7) is 4.04. The largest absolute Gasteiger partial charge is 0.455 e. The number of nitrogens with one attached hydrogen (secondary N) is 2. The molecule has 0 spiro atoms. The molecule has 8 heteroatoms. The number of carbonyl (C=O) groups is 3. The number of imide groups is 1. The third-order valence-corrected chi connectivity index (χ3v) is 4.30. The number of esters is 1. The maximum Gasteiger partial charge on any atom is 0.321 e. The molecule has 0 aliphatic carbocycles. The lowest BCUT2D eigenvalue weighted by Gasteiger charge is -2.08. The van der Waals surface area contributed by atoms with Crippen LogP contribution >= 0.6 is 23.4 Å². The van der Waals surface area contributed by atoms with Gasteiger partial charge in [0, 0.05) is 11.4 Å². The van der Waals surface area contributed by atoms with Gasteiger partial charge in [-0.2, -0.15) is 0 Å². The van der Waals surface area contributed by atoms with Crippen molar-refractivity contribution in [3.8, 4) is 0 Å². The highest BCUT2D eigenvalue weighted by Crippen LogP contribution is 2.26. The van der Waals surface area contributed by atoms with Crippen molar-refractivity contribution < 1.29 is 19.1 Å². The fourth-order valence-corrected chi connectivity index (χ4v) is 2.60. The molecule has 0 saturated heterocycles. The van der Waals surface area contributed by atoms with Crippen molar-refractivity contribution in [3.05, 3.63) is 29.3 Å². The van der Waals surface area contributed by atoms with Crippen LogP contribution in [-0.2, 0) is 14.3 Å². The Morgan fingerprint density at radius 1 is 1.25 bits per heavy atom. The van der Waals surface area contributed by atoms with Gasteiger partial charge in [0.1, 0.15) is 0 Å². The van der Waals surface area contributed by atoms with Crippen LogP contribution in [0.3, 0.4) is 0 Å². The van der Waals surface area contributed by atoms with Crippen LogP contribution in [0.2, 0.25) is 5.02 Å². The number of halogens is 1. The lowest BCUT2D eigenvalue weighted by atomic mass is 10.1. The number of urea groups is 1. The Labute approximate surface area is 150 Å². The number of hydrogen-bond donors (Lipinski definition) is 2. The minimum absolute atomic E-state index is 0.0254. The van der Waals surface area contributed by atoms with E-state index in [0.717, 1.165) is 11.3 Å². The third-order valence-electron chi connectivity index (χ3n) is 2.81. The smallest absolute Gasteiger partial charge is 0.321 e. The Morgan fingerprint density at radius 3 is 2.62 bits per heavy atom. The van der Waals surface area contributed by atoms with E-state index in [9.17, 15) is 14.4 Å². The molecular formula is C16H21ClN2O4S. The lowest BCUT2D eigenvalue weighted by Crippen LogP contribution is -2.42. The van der Waals surface area contributed by atoms with E-state index < -0.39 is 24.5 Å². The molecule has 0 saturated carbocycles. The second-order valence-electron chi connectivity index (χ2n) is 5.37. The van der Waals surface area contributed by atoms with Crippen LogP contribution in [0.15, 0.2) is 29.2 Å². The minimum atomic E-state index is -0.673. The summed E-state index contributed by atoms with van der Waals surface area (Å²) in [5, 5.41) is 5.20. The minimum Gasteiger partial charge on any atom is -0.455 e. The van der Waals surface area contributed by atoms with Crippen molar-refractivity contribution in [1.29, 1.82) is 0 Å². The van der Waals surface area contributed by atoms with Crippen molar-refractivity contribution in [3.63, 3.8) is 0 Å². The van der Waals surface area contributed by atoms with Gasteiger partial charge in [0.25, 0.3) is 5.91 Å². The van der Waals surface area contributed by atoms with E-state index in [-0.39, 0.29) is 5.75 Å². The van der Waals surface area contributed by atoms with Crippen molar-refractivity contribution >= 4 is 41.3 Å². The number of carbonyl (C=O) groups excluding carboxylic acids is 3. The SMILES string of the molecule is CC(C)CCNC(=O)NC(=O)COC(=O)CSc1ccccc1Cl. The highest BCUT2D eigenvalue weighted by Gasteiger charge is 2.11. The van der Waals surface area contributed by atoms with Crippen molar-refractivity contribution in [2.75, 3.05) is 18.9 Å². The molecule has 24 heavy (non-hydrogen) atoms. The number of thioether (sulfide) groups is 1. The van der Waals surface area contributed by atoms with Crippen LogP contribution in [0, 0.1) is 5.92 Å². The number of ether oxygens (including phenoxy) is 1. The van der Waals surface area contributed by atoms with Crippen molar-refractivity contribution in [2.24, 2.45) is 5.92 Å². The van der Waals surface area contributed by atoms with E-state index >= 15 is 0 Å². The molecule has 1 aromatic rings. The molecule has 3 amide bonds. The second-order valence-corrected chi connectivity index (χ2v) is 6.79. The zero-order chi connectivity index (χ0) is 17.9. The maximum atomic E-state index is 11.6. The summed E-state index contributed by atoms with van der Waals surface area (Å²) >= 11 is 7.19. The van der Waals surface area contributed by atoms with Gasteiger partial charge in [-0.05, 0) is 24.5 Å². The van der Waals surface area contributed by atoms with Crippen LogP contribution in [0.1, 0.15) is 20.3 Å².